The Morgan fingerprint density at radius 1 is 1.32 bits per heavy atom. The topological polar surface area (TPSA) is 67.1 Å². The van der Waals surface area contributed by atoms with Crippen LogP contribution in [0.2, 0.25) is 0 Å². The van der Waals surface area contributed by atoms with E-state index in [0.717, 1.165) is 24.8 Å². The lowest BCUT2D eigenvalue weighted by Gasteiger charge is -2.30. The fourth-order valence-electron chi connectivity index (χ4n) is 2.80. The number of hydrogen-bond donors (Lipinski definition) is 2. The van der Waals surface area contributed by atoms with Gasteiger partial charge in [-0.1, -0.05) is 26.7 Å². The van der Waals surface area contributed by atoms with Crippen molar-refractivity contribution in [3.8, 4) is 0 Å². The van der Waals surface area contributed by atoms with Crippen LogP contribution in [0, 0.1) is 5.92 Å². The van der Waals surface area contributed by atoms with E-state index in [1.165, 1.54) is 25.7 Å². The van der Waals surface area contributed by atoms with Crippen LogP contribution in [0.4, 0.5) is 5.82 Å². The number of nitrogens with zero attached hydrogens (tertiary/aromatic N) is 3. The van der Waals surface area contributed by atoms with Crippen LogP contribution >= 0.6 is 0 Å². The van der Waals surface area contributed by atoms with Gasteiger partial charge in [0.05, 0.1) is 18.1 Å². The molecule has 1 aromatic heterocycles. The second-order valence-corrected chi connectivity index (χ2v) is 5.80. The van der Waals surface area contributed by atoms with Gasteiger partial charge in [0.15, 0.2) is 5.82 Å². The summed E-state index contributed by atoms with van der Waals surface area (Å²) in [6, 6.07) is 0.719. The van der Waals surface area contributed by atoms with E-state index in [2.05, 4.69) is 34.1 Å². The third-order valence-electron chi connectivity index (χ3n) is 3.66. The highest BCUT2D eigenvalue weighted by molar-refractivity contribution is 5.28. The molecule has 0 amide bonds. The first-order valence-corrected chi connectivity index (χ1v) is 7.20. The number of rotatable bonds is 6. The van der Waals surface area contributed by atoms with Crippen molar-refractivity contribution in [1.82, 2.24) is 14.9 Å². The number of nitrogens with two attached hydrogens (primary N) is 1. The van der Waals surface area contributed by atoms with Gasteiger partial charge in [0.1, 0.15) is 0 Å². The Morgan fingerprint density at radius 3 is 2.58 bits per heavy atom. The summed E-state index contributed by atoms with van der Waals surface area (Å²) in [6.07, 6.45) is 8.88. The smallest absolute Gasteiger partial charge is 0.158 e. The highest BCUT2D eigenvalue weighted by Gasteiger charge is 2.23. The standard InChI is InChI=1S/C14H25N5/c1-11(2)9-19(13-5-3-4-6-13)10-12-7-17-14(18-15)8-16-12/h7-8,11,13H,3-6,9-10,15H2,1-2H3,(H,17,18). The number of nitrogens with one attached hydrogen (secondary N) is 1. The maximum atomic E-state index is 5.30. The molecule has 0 unspecified atom stereocenters. The summed E-state index contributed by atoms with van der Waals surface area (Å²) in [5.41, 5.74) is 3.53. The largest absolute Gasteiger partial charge is 0.307 e. The molecule has 0 aromatic carbocycles. The molecule has 3 N–H and O–H groups in total. The highest BCUT2D eigenvalue weighted by Crippen LogP contribution is 2.25. The van der Waals surface area contributed by atoms with Crippen LogP contribution in [0.3, 0.4) is 0 Å². The molecular weight excluding hydrogens is 238 g/mol. The zero-order valence-corrected chi connectivity index (χ0v) is 12.0. The normalized spacial score (nSPS) is 16.5. The van der Waals surface area contributed by atoms with Crippen LogP contribution in [0.5, 0.6) is 0 Å². The van der Waals surface area contributed by atoms with Gasteiger partial charge in [-0.15, -0.1) is 0 Å². The van der Waals surface area contributed by atoms with E-state index in [0.29, 0.717) is 11.7 Å². The van der Waals surface area contributed by atoms with Gasteiger partial charge in [0.2, 0.25) is 0 Å². The number of nitrogen functional groups attached to an aromatic ring is 1. The molecule has 1 aromatic rings. The van der Waals surface area contributed by atoms with Crippen molar-refractivity contribution in [3.05, 3.63) is 18.1 Å². The molecule has 1 aliphatic rings. The SMILES string of the molecule is CC(C)CN(Cc1cnc(NN)cn1)C1CCCC1. The van der Waals surface area contributed by atoms with Crippen LogP contribution < -0.4 is 11.3 Å². The Kier molecular flexibility index (Phi) is 5.10. The summed E-state index contributed by atoms with van der Waals surface area (Å²) in [5, 5.41) is 0. The first-order valence-electron chi connectivity index (χ1n) is 7.20. The maximum Gasteiger partial charge on any atom is 0.158 e. The van der Waals surface area contributed by atoms with Crippen molar-refractivity contribution in [2.45, 2.75) is 52.1 Å². The van der Waals surface area contributed by atoms with Gasteiger partial charge >= 0.3 is 0 Å². The van der Waals surface area contributed by atoms with Crippen molar-refractivity contribution < 1.29 is 0 Å². The molecule has 5 heteroatoms. The Bertz CT molecular complexity index is 370. The van der Waals surface area contributed by atoms with Gasteiger partial charge in [-0.25, -0.2) is 10.8 Å². The molecule has 0 aliphatic heterocycles. The average molecular weight is 263 g/mol. The lowest BCUT2D eigenvalue weighted by molar-refractivity contribution is 0.166. The van der Waals surface area contributed by atoms with Crippen molar-refractivity contribution >= 4 is 5.82 Å². The molecule has 1 aliphatic carbocycles. The predicted octanol–water partition coefficient (Wildman–Crippen LogP) is 2.16. The van der Waals surface area contributed by atoms with Crippen molar-refractivity contribution in [2.24, 2.45) is 11.8 Å². The van der Waals surface area contributed by atoms with Gasteiger partial charge < -0.3 is 5.43 Å². The number of hydrogen-bond acceptors (Lipinski definition) is 5. The molecule has 106 valence electrons. The zero-order chi connectivity index (χ0) is 13.7. The van der Waals surface area contributed by atoms with Gasteiger partial charge in [-0.05, 0) is 18.8 Å². The quantitative estimate of drug-likeness (QED) is 0.608. The fourth-order valence-corrected chi connectivity index (χ4v) is 2.80. The Labute approximate surface area is 115 Å². The fraction of sp³-hybridized carbons (Fsp3) is 0.714. The molecule has 0 radical (unpaired) electrons. The minimum atomic E-state index is 0.611. The molecule has 0 saturated heterocycles. The third-order valence-corrected chi connectivity index (χ3v) is 3.66. The molecule has 5 nitrogen and oxygen atoms in total. The molecule has 1 fully saturated rings. The van der Waals surface area contributed by atoms with Gasteiger partial charge in [0.25, 0.3) is 0 Å². The summed E-state index contributed by atoms with van der Waals surface area (Å²) in [4.78, 5) is 11.2. The van der Waals surface area contributed by atoms with Gasteiger partial charge in [-0.3, -0.25) is 9.88 Å². The molecule has 2 rings (SSSR count). The summed E-state index contributed by atoms with van der Waals surface area (Å²) in [6.45, 7) is 6.56. The van der Waals surface area contributed by atoms with E-state index in [9.17, 15) is 0 Å². The summed E-state index contributed by atoms with van der Waals surface area (Å²) < 4.78 is 0. The maximum absolute atomic E-state index is 5.30. The van der Waals surface area contributed by atoms with Gasteiger partial charge in [0, 0.05) is 19.1 Å². The van der Waals surface area contributed by atoms with E-state index in [1.807, 2.05) is 6.20 Å². The highest BCUT2D eigenvalue weighted by atomic mass is 15.3. The number of anilines is 1. The van der Waals surface area contributed by atoms with Crippen LogP contribution in [-0.4, -0.2) is 27.5 Å². The van der Waals surface area contributed by atoms with E-state index in [1.54, 1.807) is 6.20 Å². The first kappa shape index (κ1) is 14.2. The van der Waals surface area contributed by atoms with Crippen LogP contribution in [0.1, 0.15) is 45.2 Å². The van der Waals surface area contributed by atoms with Crippen molar-refractivity contribution in [3.63, 3.8) is 0 Å². The lowest BCUT2D eigenvalue weighted by atomic mass is 10.1. The summed E-state index contributed by atoms with van der Waals surface area (Å²) >= 11 is 0. The molecule has 0 bridgehead atoms. The molecule has 1 saturated carbocycles. The second kappa shape index (κ2) is 6.82. The van der Waals surface area contributed by atoms with Crippen molar-refractivity contribution in [2.75, 3.05) is 12.0 Å². The predicted molar refractivity (Wildman–Crippen MR) is 77.3 cm³/mol. The summed E-state index contributed by atoms with van der Waals surface area (Å²) in [5.74, 6) is 6.59. The van der Waals surface area contributed by atoms with E-state index in [4.69, 9.17) is 5.84 Å². The van der Waals surface area contributed by atoms with E-state index in [-0.39, 0.29) is 0 Å². The second-order valence-electron chi connectivity index (χ2n) is 5.80. The summed E-state index contributed by atoms with van der Waals surface area (Å²) in [7, 11) is 0. The molecule has 0 spiro atoms. The Balaban J connectivity index is 2.01. The van der Waals surface area contributed by atoms with Crippen molar-refractivity contribution in [1.29, 1.82) is 0 Å². The van der Waals surface area contributed by atoms with E-state index < -0.39 is 0 Å². The van der Waals surface area contributed by atoms with Crippen LogP contribution in [-0.2, 0) is 6.54 Å². The third kappa shape index (κ3) is 4.14. The first-order chi connectivity index (χ1) is 9.19. The molecule has 0 atom stereocenters. The Hall–Kier alpha value is -1.20. The molecule has 1 heterocycles. The minimum absolute atomic E-state index is 0.611. The Morgan fingerprint density at radius 2 is 2.05 bits per heavy atom. The monoisotopic (exact) mass is 263 g/mol. The van der Waals surface area contributed by atoms with E-state index >= 15 is 0 Å². The molecule has 19 heavy (non-hydrogen) atoms. The lowest BCUT2D eigenvalue weighted by Crippen LogP contribution is -2.36. The number of hydrazine groups is 1. The van der Waals surface area contributed by atoms with Crippen LogP contribution in [0.25, 0.3) is 0 Å². The molecular formula is C14H25N5. The zero-order valence-electron chi connectivity index (χ0n) is 12.0. The average Bonchev–Trinajstić information content (AvgIpc) is 2.92. The van der Waals surface area contributed by atoms with Crippen LogP contribution in [0.15, 0.2) is 12.4 Å². The number of aromatic nitrogens is 2. The minimum Gasteiger partial charge on any atom is -0.307 e. The van der Waals surface area contributed by atoms with Gasteiger partial charge in [-0.2, -0.15) is 0 Å².